The van der Waals surface area contributed by atoms with Crippen molar-refractivity contribution in [3.05, 3.63) is 95.7 Å². The third kappa shape index (κ3) is 4.44. The maximum atomic E-state index is 13.0. The Balaban J connectivity index is 1.65. The van der Waals surface area contributed by atoms with Crippen molar-refractivity contribution in [2.24, 2.45) is 4.99 Å². The lowest BCUT2D eigenvalue weighted by atomic mass is 10.0. The van der Waals surface area contributed by atoms with Gasteiger partial charge in [-0.3, -0.25) is 4.79 Å². The molecule has 0 aliphatic carbocycles. The molecule has 0 spiro atoms. The van der Waals surface area contributed by atoms with Gasteiger partial charge < -0.3 is 15.4 Å². The highest BCUT2D eigenvalue weighted by Gasteiger charge is 2.26. The predicted molar refractivity (Wildman–Crippen MR) is 126 cm³/mol. The number of allylic oxidation sites excluding steroid dienone is 1. The van der Waals surface area contributed by atoms with Gasteiger partial charge in [0.2, 0.25) is 0 Å². The van der Waals surface area contributed by atoms with Gasteiger partial charge in [0.1, 0.15) is 11.4 Å². The van der Waals surface area contributed by atoms with E-state index in [1.54, 1.807) is 26.0 Å². The first-order valence-corrected chi connectivity index (χ1v) is 10.4. The van der Waals surface area contributed by atoms with E-state index in [9.17, 15) is 9.59 Å². The molecule has 1 aliphatic heterocycles. The van der Waals surface area contributed by atoms with E-state index in [1.165, 1.54) is 0 Å². The van der Waals surface area contributed by atoms with Gasteiger partial charge >= 0.3 is 5.97 Å². The minimum Gasteiger partial charge on any atom is -0.462 e. The highest BCUT2D eigenvalue weighted by Crippen LogP contribution is 2.30. The Morgan fingerprint density at radius 3 is 2.28 bits per heavy atom. The fourth-order valence-electron chi connectivity index (χ4n) is 3.46. The Morgan fingerprint density at radius 1 is 0.906 bits per heavy atom. The van der Waals surface area contributed by atoms with Crippen LogP contribution in [0.3, 0.4) is 0 Å². The van der Waals surface area contributed by atoms with Crippen LogP contribution in [0.4, 0.5) is 11.4 Å². The minimum absolute atomic E-state index is 0.149. The van der Waals surface area contributed by atoms with Gasteiger partial charge in [-0.15, -0.1) is 0 Å². The number of rotatable bonds is 4. The Morgan fingerprint density at radius 2 is 1.56 bits per heavy atom. The van der Waals surface area contributed by atoms with Crippen molar-refractivity contribution in [3.63, 3.8) is 0 Å². The molecule has 0 bridgehead atoms. The molecular formula is C26H23N3O3. The number of amidine groups is 1. The first-order chi connectivity index (χ1) is 15.6. The largest absolute Gasteiger partial charge is 0.462 e. The number of carbonyl (C=O) groups is 2. The van der Waals surface area contributed by atoms with Crippen molar-refractivity contribution >= 4 is 29.1 Å². The Bertz CT molecular complexity index is 1210. The van der Waals surface area contributed by atoms with Crippen LogP contribution in [0.1, 0.15) is 24.2 Å². The first-order valence-electron chi connectivity index (χ1n) is 10.4. The number of anilines is 1. The number of aliphatic imine (C=N–C) groups is 1. The molecule has 1 heterocycles. The molecule has 0 saturated heterocycles. The lowest BCUT2D eigenvalue weighted by molar-refractivity contribution is -0.137. The molecule has 1 aliphatic rings. The number of hydrogen-bond donors (Lipinski definition) is 2. The lowest BCUT2D eigenvalue weighted by Crippen LogP contribution is -2.35. The van der Waals surface area contributed by atoms with E-state index in [-0.39, 0.29) is 23.9 Å². The third-order valence-electron chi connectivity index (χ3n) is 5.04. The van der Waals surface area contributed by atoms with Crippen LogP contribution in [0.2, 0.25) is 0 Å². The molecular weight excluding hydrogens is 402 g/mol. The van der Waals surface area contributed by atoms with Crippen LogP contribution in [-0.2, 0) is 9.53 Å². The van der Waals surface area contributed by atoms with Gasteiger partial charge in [0, 0.05) is 11.3 Å². The van der Waals surface area contributed by atoms with Crippen LogP contribution in [0.15, 0.2) is 95.1 Å². The van der Waals surface area contributed by atoms with Gasteiger partial charge in [-0.25, -0.2) is 9.79 Å². The van der Waals surface area contributed by atoms with E-state index in [4.69, 9.17) is 4.74 Å². The number of esters is 1. The van der Waals surface area contributed by atoms with E-state index in [2.05, 4.69) is 15.6 Å². The number of nitrogens with zero attached hydrogens (tertiary/aromatic N) is 1. The number of fused-ring (bicyclic) bond motifs is 1. The summed E-state index contributed by atoms with van der Waals surface area (Å²) in [6, 6.07) is 24.6. The van der Waals surface area contributed by atoms with Crippen LogP contribution < -0.4 is 10.6 Å². The standard InChI is InChI=1S/C26H23N3O3/c1-3-32-26(31)23-17(2)27-21-11-7-8-12-22(21)28-24(23)29-25(30)20-15-13-19(14-16-20)18-9-5-4-6-10-18/h4-16,27H,3H2,1-2H3,(H,28,29,30). The molecule has 0 saturated carbocycles. The second-order valence-electron chi connectivity index (χ2n) is 7.22. The SMILES string of the molecule is CCOC(=O)C1=C(C)Nc2ccccc2N=C1NC(=O)c1ccc(-c2ccccc2)cc1. The predicted octanol–water partition coefficient (Wildman–Crippen LogP) is 5.08. The topological polar surface area (TPSA) is 79.8 Å². The first kappa shape index (κ1) is 21.1. The smallest absolute Gasteiger partial charge is 0.343 e. The van der Waals surface area contributed by atoms with Crippen molar-refractivity contribution < 1.29 is 14.3 Å². The summed E-state index contributed by atoms with van der Waals surface area (Å²) in [6.07, 6.45) is 0. The second-order valence-corrected chi connectivity index (χ2v) is 7.22. The lowest BCUT2D eigenvalue weighted by Gasteiger charge is -2.13. The molecule has 4 rings (SSSR count). The van der Waals surface area contributed by atoms with Crippen LogP contribution in [-0.4, -0.2) is 24.3 Å². The minimum atomic E-state index is -0.552. The zero-order chi connectivity index (χ0) is 22.5. The summed E-state index contributed by atoms with van der Waals surface area (Å²) < 4.78 is 5.22. The molecule has 160 valence electrons. The van der Waals surface area contributed by atoms with E-state index in [0.29, 0.717) is 16.9 Å². The normalized spacial score (nSPS) is 12.8. The Labute approximate surface area is 186 Å². The molecule has 0 aromatic heterocycles. The average molecular weight is 425 g/mol. The summed E-state index contributed by atoms with van der Waals surface area (Å²) in [5.41, 5.74) is 4.63. The monoisotopic (exact) mass is 425 g/mol. The van der Waals surface area contributed by atoms with E-state index in [1.807, 2.05) is 66.7 Å². The molecule has 3 aromatic rings. The fourth-order valence-corrected chi connectivity index (χ4v) is 3.46. The highest BCUT2D eigenvalue weighted by atomic mass is 16.5. The number of para-hydroxylation sites is 2. The molecule has 1 amide bonds. The number of benzene rings is 3. The molecule has 32 heavy (non-hydrogen) atoms. The molecule has 2 N–H and O–H groups in total. The number of hydrogen-bond acceptors (Lipinski definition) is 5. The Kier molecular flexibility index (Phi) is 6.12. The third-order valence-corrected chi connectivity index (χ3v) is 5.04. The van der Waals surface area contributed by atoms with Gasteiger partial charge in [0.15, 0.2) is 0 Å². The van der Waals surface area contributed by atoms with Crippen LogP contribution in [0.5, 0.6) is 0 Å². The molecule has 6 heteroatoms. The fraction of sp³-hybridized carbons (Fsp3) is 0.115. The molecule has 6 nitrogen and oxygen atoms in total. The summed E-state index contributed by atoms with van der Waals surface area (Å²) in [7, 11) is 0. The van der Waals surface area contributed by atoms with Gasteiger partial charge in [-0.05, 0) is 49.2 Å². The molecule has 3 aromatic carbocycles. The van der Waals surface area contributed by atoms with E-state index in [0.717, 1.165) is 16.8 Å². The molecule has 0 radical (unpaired) electrons. The van der Waals surface area contributed by atoms with E-state index >= 15 is 0 Å². The quantitative estimate of drug-likeness (QED) is 0.572. The van der Waals surface area contributed by atoms with E-state index < -0.39 is 5.97 Å². The second kappa shape index (κ2) is 9.31. The summed E-state index contributed by atoms with van der Waals surface area (Å²) in [5, 5.41) is 6.00. The van der Waals surface area contributed by atoms with Crippen molar-refractivity contribution in [1.82, 2.24) is 5.32 Å². The van der Waals surface area contributed by atoms with Gasteiger partial charge in [-0.2, -0.15) is 0 Å². The molecule has 0 atom stereocenters. The summed E-state index contributed by atoms with van der Waals surface area (Å²) in [6.45, 7) is 3.70. The number of amides is 1. The Hall–Kier alpha value is -4.19. The maximum absolute atomic E-state index is 13.0. The molecule has 0 unspecified atom stereocenters. The van der Waals surface area contributed by atoms with Gasteiger partial charge in [-0.1, -0.05) is 54.6 Å². The highest BCUT2D eigenvalue weighted by molar-refractivity contribution is 6.25. The summed E-state index contributed by atoms with van der Waals surface area (Å²) >= 11 is 0. The zero-order valence-electron chi connectivity index (χ0n) is 17.9. The van der Waals surface area contributed by atoms with Crippen LogP contribution >= 0.6 is 0 Å². The van der Waals surface area contributed by atoms with Crippen molar-refractivity contribution in [1.29, 1.82) is 0 Å². The van der Waals surface area contributed by atoms with Gasteiger partial charge in [0.25, 0.3) is 5.91 Å². The van der Waals surface area contributed by atoms with Crippen LogP contribution in [0.25, 0.3) is 11.1 Å². The summed E-state index contributed by atoms with van der Waals surface area (Å²) in [5.74, 6) is -0.767. The van der Waals surface area contributed by atoms with Gasteiger partial charge in [0.05, 0.1) is 18.0 Å². The maximum Gasteiger partial charge on any atom is 0.343 e. The molecule has 0 fully saturated rings. The van der Waals surface area contributed by atoms with Crippen molar-refractivity contribution in [2.45, 2.75) is 13.8 Å². The van der Waals surface area contributed by atoms with Crippen molar-refractivity contribution in [3.8, 4) is 11.1 Å². The number of ether oxygens (including phenoxy) is 1. The zero-order valence-corrected chi connectivity index (χ0v) is 17.9. The number of nitrogens with one attached hydrogen (secondary N) is 2. The number of carbonyl (C=O) groups excluding carboxylic acids is 2. The van der Waals surface area contributed by atoms with Crippen molar-refractivity contribution in [2.75, 3.05) is 11.9 Å². The average Bonchev–Trinajstić information content (AvgIpc) is 2.95. The van der Waals surface area contributed by atoms with Crippen LogP contribution in [0, 0.1) is 0 Å². The summed E-state index contributed by atoms with van der Waals surface area (Å²) in [4.78, 5) is 30.3.